The highest BCUT2D eigenvalue weighted by Crippen LogP contribution is 2.44. The molecule has 0 radical (unpaired) electrons. The molecule has 0 nitrogen and oxygen atoms in total. The summed E-state index contributed by atoms with van der Waals surface area (Å²) in [7, 11) is -0.210. The highest BCUT2D eigenvalue weighted by molar-refractivity contribution is 7.73. The molecule has 0 aromatic heterocycles. The van der Waals surface area contributed by atoms with Gasteiger partial charge in [-0.3, -0.25) is 0 Å². The third kappa shape index (κ3) is 4.20. The van der Waals surface area contributed by atoms with Crippen molar-refractivity contribution in [3.63, 3.8) is 0 Å². The zero-order valence-corrected chi connectivity index (χ0v) is 14.3. The SMILES string of the molecule is c1ccc(P(c2ccccc2)C2CCCCCCCC2)cc1. The van der Waals surface area contributed by atoms with Crippen molar-refractivity contribution in [2.75, 3.05) is 0 Å². The maximum Gasteiger partial charge on any atom is -0.0129 e. The van der Waals surface area contributed by atoms with Crippen LogP contribution in [0.3, 0.4) is 0 Å². The topological polar surface area (TPSA) is 0 Å². The number of rotatable bonds is 3. The minimum Gasteiger partial charge on any atom is -0.0622 e. The zero-order valence-electron chi connectivity index (χ0n) is 13.5. The van der Waals surface area contributed by atoms with E-state index in [-0.39, 0.29) is 7.92 Å². The van der Waals surface area contributed by atoms with Gasteiger partial charge in [0.15, 0.2) is 0 Å². The smallest absolute Gasteiger partial charge is 0.0129 e. The third-order valence-corrected chi connectivity index (χ3v) is 7.71. The lowest BCUT2D eigenvalue weighted by atomic mass is 10.1. The van der Waals surface area contributed by atoms with Gasteiger partial charge in [-0.25, -0.2) is 0 Å². The van der Waals surface area contributed by atoms with E-state index in [1.165, 1.54) is 51.4 Å². The average Bonchev–Trinajstić information content (AvgIpc) is 2.71. The van der Waals surface area contributed by atoms with Gasteiger partial charge in [0.25, 0.3) is 0 Å². The molecular weight excluding hydrogens is 283 g/mol. The summed E-state index contributed by atoms with van der Waals surface area (Å²) in [6, 6.07) is 22.5. The van der Waals surface area contributed by atoms with Crippen LogP contribution >= 0.6 is 7.92 Å². The van der Waals surface area contributed by atoms with Crippen molar-refractivity contribution >= 4 is 18.5 Å². The van der Waals surface area contributed by atoms with Gasteiger partial charge in [0.1, 0.15) is 0 Å². The Bertz CT molecular complexity index is 485. The summed E-state index contributed by atoms with van der Waals surface area (Å²) in [5, 5.41) is 3.13. The zero-order chi connectivity index (χ0) is 15.0. The molecular formula is C21H27P. The van der Waals surface area contributed by atoms with E-state index in [1.54, 1.807) is 10.6 Å². The minimum absolute atomic E-state index is 0.210. The van der Waals surface area contributed by atoms with Crippen LogP contribution in [0.15, 0.2) is 60.7 Å². The summed E-state index contributed by atoms with van der Waals surface area (Å²) < 4.78 is 0. The van der Waals surface area contributed by atoms with Gasteiger partial charge in [-0.15, -0.1) is 0 Å². The van der Waals surface area contributed by atoms with Gasteiger partial charge in [0, 0.05) is 0 Å². The van der Waals surface area contributed by atoms with E-state index in [1.807, 2.05) is 0 Å². The van der Waals surface area contributed by atoms with E-state index < -0.39 is 0 Å². The van der Waals surface area contributed by atoms with Crippen molar-refractivity contribution in [2.24, 2.45) is 0 Å². The summed E-state index contributed by atoms with van der Waals surface area (Å²) in [4.78, 5) is 0. The number of hydrogen-bond donors (Lipinski definition) is 0. The Morgan fingerprint density at radius 2 is 0.955 bits per heavy atom. The first-order valence-electron chi connectivity index (χ1n) is 8.84. The van der Waals surface area contributed by atoms with Gasteiger partial charge in [-0.2, -0.15) is 0 Å². The molecule has 1 heteroatoms. The summed E-state index contributed by atoms with van der Waals surface area (Å²) in [5.74, 6) is 0. The maximum absolute atomic E-state index is 2.35. The van der Waals surface area contributed by atoms with Gasteiger partial charge in [0.05, 0.1) is 0 Å². The average molecular weight is 310 g/mol. The van der Waals surface area contributed by atoms with Crippen molar-refractivity contribution in [3.8, 4) is 0 Å². The largest absolute Gasteiger partial charge is 0.0622 e. The van der Waals surface area contributed by atoms with Crippen molar-refractivity contribution in [1.29, 1.82) is 0 Å². The van der Waals surface area contributed by atoms with E-state index in [4.69, 9.17) is 0 Å². The molecule has 0 unspecified atom stereocenters. The van der Waals surface area contributed by atoms with Crippen molar-refractivity contribution < 1.29 is 0 Å². The molecule has 22 heavy (non-hydrogen) atoms. The molecule has 0 amide bonds. The van der Waals surface area contributed by atoms with E-state index in [9.17, 15) is 0 Å². The molecule has 0 heterocycles. The van der Waals surface area contributed by atoms with Crippen molar-refractivity contribution in [1.82, 2.24) is 0 Å². The first kappa shape index (κ1) is 15.8. The van der Waals surface area contributed by atoms with Crippen LogP contribution in [0, 0.1) is 0 Å². The summed E-state index contributed by atoms with van der Waals surface area (Å²) in [6.45, 7) is 0. The van der Waals surface area contributed by atoms with E-state index in [0.29, 0.717) is 0 Å². The van der Waals surface area contributed by atoms with E-state index in [2.05, 4.69) is 60.7 Å². The van der Waals surface area contributed by atoms with Crippen LogP contribution in [0.25, 0.3) is 0 Å². The predicted molar refractivity (Wildman–Crippen MR) is 99.8 cm³/mol. The Balaban J connectivity index is 1.90. The fourth-order valence-corrected chi connectivity index (χ4v) is 6.63. The standard InChI is InChI=1S/C21H27P/c1-2-4-8-14-19(13-7-3-1)22(20-15-9-5-10-16-20)21-17-11-6-12-18-21/h5-6,9-12,15-19H,1-4,7-8,13-14H2. The molecule has 3 rings (SSSR count). The molecule has 1 aliphatic carbocycles. The lowest BCUT2D eigenvalue weighted by Crippen LogP contribution is -2.21. The minimum atomic E-state index is -0.210. The highest BCUT2D eigenvalue weighted by Gasteiger charge is 2.24. The molecule has 1 saturated carbocycles. The van der Waals surface area contributed by atoms with Gasteiger partial charge < -0.3 is 0 Å². The second-order valence-corrected chi connectivity index (χ2v) is 8.90. The maximum atomic E-state index is 2.35. The number of hydrogen-bond acceptors (Lipinski definition) is 0. The lowest BCUT2D eigenvalue weighted by molar-refractivity contribution is 0.624. The Kier molecular flexibility index (Phi) is 6.08. The van der Waals surface area contributed by atoms with Gasteiger partial charge in [-0.1, -0.05) is 99.2 Å². The molecule has 0 atom stereocenters. The molecule has 1 aliphatic rings. The van der Waals surface area contributed by atoms with E-state index >= 15 is 0 Å². The predicted octanol–water partition coefficient (Wildman–Crippen LogP) is 5.62. The van der Waals surface area contributed by atoms with Gasteiger partial charge >= 0.3 is 0 Å². The second-order valence-electron chi connectivity index (χ2n) is 6.39. The van der Waals surface area contributed by atoms with Gasteiger partial charge in [0.2, 0.25) is 0 Å². The summed E-state index contributed by atoms with van der Waals surface area (Å²) >= 11 is 0. The fourth-order valence-electron chi connectivity index (χ4n) is 3.62. The van der Waals surface area contributed by atoms with Crippen LogP contribution in [-0.2, 0) is 0 Å². The molecule has 0 bridgehead atoms. The summed E-state index contributed by atoms with van der Waals surface area (Å²) in [5.41, 5.74) is 0.859. The van der Waals surface area contributed by atoms with Crippen LogP contribution in [-0.4, -0.2) is 5.66 Å². The van der Waals surface area contributed by atoms with Crippen LogP contribution < -0.4 is 10.6 Å². The quantitative estimate of drug-likeness (QED) is 0.645. The number of benzene rings is 2. The Morgan fingerprint density at radius 1 is 0.545 bits per heavy atom. The normalized spacial score (nSPS) is 17.7. The molecule has 0 N–H and O–H groups in total. The third-order valence-electron chi connectivity index (χ3n) is 4.76. The lowest BCUT2D eigenvalue weighted by Gasteiger charge is -2.28. The van der Waals surface area contributed by atoms with Crippen molar-refractivity contribution in [3.05, 3.63) is 60.7 Å². The molecule has 2 aromatic rings. The molecule has 2 aromatic carbocycles. The Morgan fingerprint density at radius 3 is 1.41 bits per heavy atom. The second kappa shape index (κ2) is 8.49. The first-order valence-corrected chi connectivity index (χ1v) is 10.3. The molecule has 0 saturated heterocycles. The Labute approximate surface area is 136 Å². The van der Waals surface area contributed by atoms with E-state index in [0.717, 1.165) is 5.66 Å². The van der Waals surface area contributed by atoms with Crippen LogP contribution in [0.1, 0.15) is 51.4 Å². The molecule has 116 valence electrons. The summed E-state index contributed by atoms with van der Waals surface area (Å²) in [6.07, 6.45) is 11.4. The van der Waals surface area contributed by atoms with Crippen LogP contribution in [0.5, 0.6) is 0 Å². The van der Waals surface area contributed by atoms with Crippen LogP contribution in [0.4, 0.5) is 0 Å². The fraction of sp³-hybridized carbons (Fsp3) is 0.429. The molecule has 1 fully saturated rings. The van der Waals surface area contributed by atoms with Gasteiger partial charge in [-0.05, 0) is 37.0 Å². The Hall–Kier alpha value is -1.13. The van der Waals surface area contributed by atoms with Crippen LogP contribution in [0.2, 0.25) is 0 Å². The first-order chi connectivity index (χ1) is 10.9. The highest BCUT2D eigenvalue weighted by atomic mass is 31.1. The molecule has 0 aliphatic heterocycles. The van der Waals surface area contributed by atoms with Crippen molar-refractivity contribution in [2.45, 2.75) is 57.0 Å². The molecule has 0 spiro atoms. The monoisotopic (exact) mass is 310 g/mol.